The highest BCUT2D eigenvalue weighted by molar-refractivity contribution is 5.81. The average Bonchev–Trinajstić information content (AvgIpc) is 2.48. The molecule has 1 aromatic rings. The number of carbonyl (C=O) groups is 3. The van der Waals surface area contributed by atoms with Crippen molar-refractivity contribution in [3.05, 3.63) is 35.9 Å². The van der Waals surface area contributed by atoms with Gasteiger partial charge < -0.3 is 20.5 Å². The third-order valence-electron chi connectivity index (χ3n) is 3.49. The van der Waals surface area contributed by atoms with E-state index in [2.05, 4.69) is 10.6 Å². The van der Waals surface area contributed by atoms with Crippen LogP contribution in [0.1, 0.15) is 24.8 Å². The van der Waals surface area contributed by atoms with Gasteiger partial charge in [0, 0.05) is 12.8 Å². The van der Waals surface area contributed by atoms with E-state index >= 15 is 0 Å². The van der Waals surface area contributed by atoms with Crippen molar-refractivity contribution in [2.75, 3.05) is 0 Å². The quantitative estimate of drug-likeness (QED) is 0.785. The van der Waals surface area contributed by atoms with Crippen molar-refractivity contribution in [1.29, 1.82) is 0 Å². The summed E-state index contributed by atoms with van der Waals surface area (Å²) >= 11 is 0. The van der Waals surface area contributed by atoms with E-state index in [9.17, 15) is 14.4 Å². The fourth-order valence-electron chi connectivity index (χ4n) is 2.41. The lowest BCUT2D eigenvalue weighted by molar-refractivity contribution is -0.121. The van der Waals surface area contributed by atoms with E-state index in [1.54, 1.807) is 0 Å². The Kier molecular flexibility index (Phi) is 5.35. The van der Waals surface area contributed by atoms with Crippen LogP contribution in [0.5, 0.6) is 0 Å². The van der Waals surface area contributed by atoms with Crippen LogP contribution in [0.2, 0.25) is 0 Å². The highest BCUT2D eigenvalue weighted by Gasteiger charge is 2.31. The maximum absolute atomic E-state index is 11.8. The lowest BCUT2D eigenvalue weighted by atomic mass is 9.89. The molecule has 7 heteroatoms. The summed E-state index contributed by atoms with van der Waals surface area (Å²) < 4.78 is 5.10. The van der Waals surface area contributed by atoms with Crippen LogP contribution >= 0.6 is 0 Å². The Balaban J connectivity index is 1.85. The summed E-state index contributed by atoms with van der Waals surface area (Å²) in [5.74, 6) is -0.0190. The maximum Gasteiger partial charge on any atom is 0.407 e. The first-order chi connectivity index (χ1) is 10.5. The molecule has 2 unspecified atom stereocenters. The summed E-state index contributed by atoms with van der Waals surface area (Å²) in [6.07, 6.45) is -1.05. The largest absolute Gasteiger partial charge is 0.465 e. The van der Waals surface area contributed by atoms with Crippen LogP contribution in [-0.2, 0) is 16.1 Å². The molecule has 1 aliphatic carbocycles. The van der Waals surface area contributed by atoms with E-state index in [4.69, 9.17) is 9.84 Å². The fourth-order valence-corrected chi connectivity index (χ4v) is 2.41. The number of rotatable bonds is 4. The molecule has 1 saturated carbocycles. The van der Waals surface area contributed by atoms with E-state index in [0.717, 1.165) is 5.56 Å². The zero-order chi connectivity index (χ0) is 15.9. The van der Waals surface area contributed by atoms with Crippen LogP contribution in [0.4, 0.5) is 9.59 Å². The molecule has 2 atom stereocenters. The van der Waals surface area contributed by atoms with Gasteiger partial charge in [0.15, 0.2) is 0 Å². The Morgan fingerprint density at radius 3 is 2.59 bits per heavy atom. The maximum atomic E-state index is 11.8. The Labute approximate surface area is 127 Å². The van der Waals surface area contributed by atoms with Gasteiger partial charge >= 0.3 is 12.2 Å². The smallest absolute Gasteiger partial charge is 0.407 e. The summed E-state index contributed by atoms with van der Waals surface area (Å²) in [7, 11) is 0. The second-order valence-corrected chi connectivity index (χ2v) is 5.15. The number of carbonyl (C=O) groups excluding carboxylic acids is 2. The third kappa shape index (κ3) is 4.76. The molecule has 3 N–H and O–H groups in total. The van der Waals surface area contributed by atoms with E-state index in [1.807, 2.05) is 30.3 Å². The Hall–Kier alpha value is -2.57. The number of hydrogen-bond donors (Lipinski definition) is 3. The predicted octanol–water partition coefficient (Wildman–Crippen LogP) is 1.67. The molecule has 2 rings (SSSR count). The van der Waals surface area contributed by atoms with E-state index < -0.39 is 24.3 Å². The van der Waals surface area contributed by atoms with Gasteiger partial charge in [0.25, 0.3) is 0 Å². The standard InChI is InChI=1S/C15H18N2O5/c18-11-6-7-12(13(8-11)16-14(19)20)17-15(21)22-9-10-4-2-1-3-5-10/h1-5,12-13,16H,6-9H2,(H,17,21)(H,19,20). The molecule has 2 amide bonds. The first-order valence-corrected chi connectivity index (χ1v) is 7.03. The number of ether oxygens (including phenoxy) is 1. The molecule has 0 aliphatic heterocycles. The van der Waals surface area contributed by atoms with E-state index in [-0.39, 0.29) is 18.8 Å². The van der Waals surface area contributed by atoms with Crippen LogP contribution in [-0.4, -0.2) is 35.2 Å². The van der Waals surface area contributed by atoms with Crippen molar-refractivity contribution in [2.45, 2.75) is 38.0 Å². The van der Waals surface area contributed by atoms with Gasteiger partial charge in [-0.25, -0.2) is 9.59 Å². The van der Waals surface area contributed by atoms with E-state index in [0.29, 0.717) is 12.8 Å². The SMILES string of the molecule is O=C1CCC(NC(=O)OCc2ccccc2)C(NC(=O)O)C1. The summed E-state index contributed by atoms with van der Waals surface area (Å²) in [5.41, 5.74) is 0.858. The number of hydrogen-bond acceptors (Lipinski definition) is 4. The topological polar surface area (TPSA) is 105 Å². The molecule has 1 aromatic carbocycles. The van der Waals surface area contributed by atoms with Gasteiger partial charge in [0.2, 0.25) is 0 Å². The third-order valence-corrected chi connectivity index (χ3v) is 3.49. The highest BCUT2D eigenvalue weighted by Crippen LogP contribution is 2.16. The van der Waals surface area contributed by atoms with Crippen LogP contribution in [0, 0.1) is 0 Å². The van der Waals surface area contributed by atoms with Gasteiger partial charge in [-0.2, -0.15) is 0 Å². The van der Waals surface area contributed by atoms with Gasteiger partial charge in [0.05, 0.1) is 12.1 Å². The van der Waals surface area contributed by atoms with Gasteiger partial charge in [-0.15, -0.1) is 0 Å². The number of amides is 2. The zero-order valence-electron chi connectivity index (χ0n) is 12.0. The molecule has 1 fully saturated rings. The summed E-state index contributed by atoms with van der Waals surface area (Å²) in [4.78, 5) is 34.0. The average molecular weight is 306 g/mol. The molecule has 22 heavy (non-hydrogen) atoms. The van der Waals surface area contributed by atoms with Gasteiger partial charge in [-0.1, -0.05) is 30.3 Å². The Morgan fingerprint density at radius 1 is 1.18 bits per heavy atom. The Morgan fingerprint density at radius 2 is 1.91 bits per heavy atom. The minimum absolute atomic E-state index is 0.0190. The van der Waals surface area contributed by atoms with Crippen molar-refractivity contribution in [3.8, 4) is 0 Å². The molecule has 0 saturated heterocycles. The molecule has 0 spiro atoms. The van der Waals surface area contributed by atoms with Crippen molar-refractivity contribution in [2.24, 2.45) is 0 Å². The summed E-state index contributed by atoms with van der Waals surface area (Å²) in [6, 6.07) is 8.15. The second-order valence-electron chi connectivity index (χ2n) is 5.15. The molecular weight excluding hydrogens is 288 g/mol. The van der Waals surface area contributed by atoms with Crippen molar-refractivity contribution >= 4 is 18.0 Å². The van der Waals surface area contributed by atoms with Crippen molar-refractivity contribution in [1.82, 2.24) is 10.6 Å². The van der Waals surface area contributed by atoms with Crippen LogP contribution in [0.15, 0.2) is 30.3 Å². The van der Waals surface area contributed by atoms with Crippen LogP contribution < -0.4 is 10.6 Å². The van der Waals surface area contributed by atoms with Gasteiger partial charge in [-0.3, -0.25) is 4.79 Å². The number of alkyl carbamates (subject to hydrolysis) is 1. The first kappa shape index (κ1) is 15.8. The molecule has 1 aliphatic rings. The predicted molar refractivity (Wildman–Crippen MR) is 77.4 cm³/mol. The lowest BCUT2D eigenvalue weighted by Crippen LogP contribution is -2.54. The minimum Gasteiger partial charge on any atom is -0.465 e. The minimum atomic E-state index is -1.22. The molecule has 0 aromatic heterocycles. The molecule has 0 bridgehead atoms. The Bertz CT molecular complexity index is 544. The number of benzene rings is 1. The lowest BCUT2D eigenvalue weighted by Gasteiger charge is -2.30. The monoisotopic (exact) mass is 306 g/mol. The van der Waals surface area contributed by atoms with Crippen molar-refractivity contribution in [3.63, 3.8) is 0 Å². The first-order valence-electron chi connectivity index (χ1n) is 7.03. The highest BCUT2D eigenvalue weighted by atomic mass is 16.5. The molecular formula is C15H18N2O5. The fraction of sp³-hybridized carbons (Fsp3) is 0.400. The number of Topliss-reactive ketones (excluding diaryl/α,β-unsaturated/α-hetero) is 1. The van der Waals surface area contributed by atoms with Gasteiger partial charge in [-0.05, 0) is 12.0 Å². The van der Waals surface area contributed by atoms with Gasteiger partial charge in [0.1, 0.15) is 12.4 Å². The molecule has 118 valence electrons. The number of nitrogens with one attached hydrogen (secondary N) is 2. The normalized spacial score (nSPS) is 21.0. The summed E-state index contributed by atoms with van der Waals surface area (Å²) in [6.45, 7) is 0.134. The molecule has 0 radical (unpaired) electrons. The second kappa shape index (κ2) is 7.44. The molecule has 7 nitrogen and oxygen atoms in total. The van der Waals surface area contributed by atoms with Crippen molar-refractivity contribution < 1.29 is 24.2 Å². The van der Waals surface area contributed by atoms with E-state index in [1.165, 1.54) is 0 Å². The van der Waals surface area contributed by atoms with Crippen LogP contribution in [0.25, 0.3) is 0 Å². The molecule has 0 heterocycles. The van der Waals surface area contributed by atoms with Crippen LogP contribution in [0.3, 0.4) is 0 Å². The zero-order valence-corrected chi connectivity index (χ0v) is 12.0. The number of carboxylic acid groups (broad SMARTS) is 1. The number of ketones is 1. The summed E-state index contributed by atoms with van der Waals surface area (Å²) in [5, 5.41) is 13.7.